The van der Waals surface area contributed by atoms with Gasteiger partial charge in [-0.2, -0.15) is 5.10 Å². The van der Waals surface area contributed by atoms with Gasteiger partial charge in [-0.15, -0.1) is 11.8 Å². The summed E-state index contributed by atoms with van der Waals surface area (Å²) in [6, 6.07) is 33.2. The monoisotopic (exact) mass is 559 g/mol. The summed E-state index contributed by atoms with van der Waals surface area (Å²) < 4.78 is 7.61. The molecule has 1 atom stereocenters. The molecular formula is C35H33N3O2S. The molecular weight excluding hydrogens is 526 g/mol. The molecule has 1 unspecified atom stereocenters. The van der Waals surface area contributed by atoms with Gasteiger partial charge < -0.3 is 9.30 Å². The summed E-state index contributed by atoms with van der Waals surface area (Å²) in [5.41, 5.74) is 7.88. The summed E-state index contributed by atoms with van der Waals surface area (Å²) >= 11 is 1.58. The van der Waals surface area contributed by atoms with Crippen molar-refractivity contribution in [1.29, 1.82) is 0 Å². The number of hydrazone groups is 1. The number of ether oxygens (including phenoxy) is 1. The quantitative estimate of drug-likeness (QED) is 0.182. The molecule has 0 bridgehead atoms. The van der Waals surface area contributed by atoms with E-state index >= 15 is 0 Å². The highest BCUT2D eigenvalue weighted by atomic mass is 32.2. The van der Waals surface area contributed by atoms with Gasteiger partial charge in [0.2, 0.25) is 0 Å². The van der Waals surface area contributed by atoms with Gasteiger partial charge in [0.1, 0.15) is 5.75 Å². The third-order valence-corrected chi connectivity index (χ3v) is 8.62. The standard InChI is InChI=1S/C35H33N3O2S/c1-24-11-13-28(14-12-24)33-20-31(27-15-17-29(40-3)18-16-27)36-38(33)35(39)23-41-34-22-37(32-10-5-4-9-30(32)34)21-26-8-6-7-25(2)19-26/h4-19,22,33H,20-21,23H2,1-3H3. The Kier molecular flexibility index (Phi) is 7.66. The number of carbonyl (C=O) groups excluding carboxylic acids is 1. The second kappa shape index (κ2) is 11.7. The Morgan fingerprint density at radius 3 is 2.46 bits per heavy atom. The van der Waals surface area contributed by atoms with E-state index in [0.717, 1.165) is 39.4 Å². The first-order valence-corrected chi connectivity index (χ1v) is 14.8. The molecule has 1 amide bonds. The number of amides is 1. The maximum Gasteiger partial charge on any atom is 0.253 e. The molecule has 0 radical (unpaired) electrons. The minimum absolute atomic E-state index is 0.000369. The number of fused-ring (bicyclic) bond motifs is 1. The maximum atomic E-state index is 13.8. The lowest BCUT2D eigenvalue weighted by atomic mass is 9.97. The number of nitrogens with zero attached hydrogens (tertiary/aromatic N) is 3. The van der Waals surface area contributed by atoms with E-state index in [1.165, 1.54) is 22.2 Å². The molecule has 5 aromatic rings. The molecule has 6 rings (SSSR count). The van der Waals surface area contributed by atoms with Crippen LogP contribution in [0, 0.1) is 13.8 Å². The van der Waals surface area contributed by atoms with Crippen LogP contribution in [-0.4, -0.2) is 34.1 Å². The second-order valence-electron chi connectivity index (χ2n) is 10.6. The number of aromatic nitrogens is 1. The van der Waals surface area contributed by atoms with Crippen LogP contribution in [0.3, 0.4) is 0 Å². The number of para-hydroxylation sites is 1. The number of hydrogen-bond acceptors (Lipinski definition) is 4. The number of methoxy groups -OCH3 is 1. The number of benzene rings is 4. The average molecular weight is 560 g/mol. The van der Waals surface area contributed by atoms with E-state index in [1.54, 1.807) is 23.9 Å². The van der Waals surface area contributed by atoms with Gasteiger partial charge in [-0.05, 0) is 60.9 Å². The number of hydrogen-bond donors (Lipinski definition) is 0. The van der Waals surface area contributed by atoms with Gasteiger partial charge in [0.15, 0.2) is 0 Å². The maximum absolute atomic E-state index is 13.8. The fourth-order valence-electron chi connectivity index (χ4n) is 5.42. The van der Waals surface area contributed by atoms with Crippen molar-refractivity contribution in [3.05, 3.63) is 131 Å². The Hall–Kier alpha value is -4.29. The SMILES string of the molecule is COc1ccc(C2=NN(C(=O)CSc3cn(Cc4cccc(C)c4)c4ccccc34)C(c3ccc(C)cc3)C2)cc1. The van der Waals surface area contributed by atoms with E-state index in [0.29, 0.717) is 12.2 Å². The highest BCUT2D eigenvalue weighted by molar-refractivity contribution is 8.00. The lowest BCUT2D eigenvalue weighted by molar-refractivity contribution is -0.130. The zero-order valence-corrected chi connectivity index (χ0v) is 24.4. The van der Waals surface area contributed by atoms with Crippen LogP contribution in [0.4, 0.5) is 0 Å². The minimum atomic E-state index is -0.136. The highest BCUT2D eigenvalue weighted by Gasteiger charge is 2.33. The summed E-state index contributed by atoms with van der Waals surface area (Å²) in [6.45, 7) is 4.98. The van der Waals surface area contributed by atoms with Gasteiger partial charge >= 0.3 is 0 Å². The molecule has 41 heavy (non-hydrogen) atoms. The van der Waals surface area contributed by atoms with Crippen molar-refractivity contribution in [3.8, 4) is 5.75 Å². The lowest BCUT2D eigenvalue weighted by Crippen LogP contribution is -2.28. The van der Waals surface area contributed by atoms with Crippen molar-refractivity contribution < 1.29 is 9.53 Å². The van der Waals surface area contributed by atoms with Crippen LogP contribution in [0.1, 0.15) is 40.3 Å². The van der Waals surface area contributed by atoms with E-state index in [1.807, 2.05) is 24.3 Å². The van der Waals surface area contributed by atoms with E-state index < -0.39 is 0 Å². The zero-order chi connectivity index (χ0) is 28.3. The molecule has 0 saturated heterocycles. The minimum Gasteiger partial charge on any atom is -0.497 e. The van der Waals surface area contributed by atoms with Gasteiger partial charge in [0.25, 0.3) is 5.91 Å². The van der Waals surface area contributed by atoms with Crippen LogP contribution in [0.5, 0.6) is 5.75 Å². The Bertz CT molecular complexity index is 1720. The molecule has 206 valence electrons. The van der Waals surface area contributed by atoms with Crippen LogP contribution >= 0.6 is 11.8 Å². The van der Waals surface area contributed by atoms with Crippen LogP contribution < -0.4 is 4.74 Å². The highest BCUT2D eigenvalue weighted by Crippen LogP contribution is 2.36. The molecule has 0 spiro atoms. The molecule has 1 aliphatic rings. The second-order valence-corrected chi connectivity index (χ2v) is 11.6. The third-order valence-electron chi connectivity index (χ3n) is 7.59. The van der Waals surface area contributed by atoms with E-state index in [2.05, 4.69) is 97.4 Å². The number of rotatable bonds is 8. The number of thioether (sulfide) groups is 1. The summed E-state index contributed by atoms with van der Waals surface area (Å²) in [5, 5.41) is 7.74. The van der Waals surface area contributed by atoms with Gasteiger partial charge in [-0.25, -0.2) is 5.01 Å². The molecule has 4 aromatic carbocycles. The first-order chi connectivity index (χ1) is 20.0. The van der Waals surface area contributed by atoms with E-state index in [-0.39, 0.29) is 11.9 Å². The average Bonchev–Trinajstić information content (AvgIpc) is 3.59. The molecule has 5 nitrogen and oxygen atoms in total. The molecule has 0 N–H and O–H groups in total. The Balaban J connectivity index is 1.25. The summed E-state index contributed by atoms with van der Waals surface area (Å²) in [7, 11) is 1.66. The zero-order valence-electron chi connectivity index (χ0n) is 23.6. The molecule has 1 aromatic heterocycles. The third kappa shape index (κ3) is 5.79. The fraction of sp³-hybridized carbons (Fsp3) is 0.200. The largest absolute Gasteiger partial charge is 0.497 e. The smallest absolute Gasteiger partial charge is 0.253 e. The van der Waals surface area contributed by atoms with Crippen LogP contribution in [-0.2, 0) is 11.3 Å². The lowest BCUT2D eigenvalue weighted by Gasteiger charge is -2.22. The van der Waals surface area contributed by atoms with Crippen molar-refractivity contribution >= 4 is 34.3 Å². The molecule has 2 heterocycles. The number of carbonyl (C=O) groups is 1. The Morgan fingerprint density at radius 1 is 0.927 bits per heavy atom. The predicted molar refractivity (Wildman–Crippen MR) is 168 cm³/mol. The molecule has 0 saturated carbocycles. The van der Waals surface area contributed by atoms with Crippen LogP contribution in [0.2, 0.25) is 0 Å². The van der Waals surface area contributed by atoms with Crippen molar-refractivity contribution in [1.82, 2.24) is 9.58 Å². The first kappa shape index (κ1) is 26.9. The van der Waals surface area contributed by atoms with Gasteiger partial charge in [-0.3, -0.25) is 4.79 Å². The fourth-order valence-corrected chi connectivity index (χ4v) is 6.36. The summed E-state index contributed by atoms with van der Waals surface area (Å²) in [5.74, 6) is 1.10. The molecule has 6 heteroatoms. The Morgan fingerprint density at radius 2 is 1.71 bits per heavy atom. The topological polar surface area (TPSA) is 46.8 Å². The Labute approximate surface area is 245 Å². The van der Waals surface area contributed by atoms with Gasteiger partial charge in [-0.1, -0.05) is 77.9 Å². The van der Waals surface area contributed by atoms with E-state index in [4.69, 9.17) is 9.84 Å². The summed E-state index contributed by atoms with van der Waals surface area (Å²) in [4.78, 5) is 14.9. The molecule has 1 aliphatic heterocycles. The number of aryl methyl sites for hydroxylation is 2. The van der Waals surface area contributed by atoms with E-state index in [9.17, 15) is 4.79 Å². The van der Waals surface area contributed by atoms with Crippen molar-refractivity contribution in [2.24, 2.45) is 5.10 Å². The van der Waals surface area contributed by atoms with Crippen LogP contribution in [0.25, 0.3) is 10.9 Å². The summed E-state index contributed by atoms with van der Waals surface area (Å²) in [6.07, 6.45) is 2.85. The van der Waals surface area contributed by atoms with Gasteiger partial charge in [0, 0.05) is 35.0 Å². The van der Waals surface area contributed by atoms with Gasteiger partial charge in [0.05, 0.1) is 24.6 Å². The molecule has 0 aliphatic carbocycles. The van der Waals surface area contributed by atoms with Crippen LogP contribution in [0.15, 0.2) is 113 Å². The normalized spacial score (nSPS) is 14.9. The van der Waals surface area contributed by atoms with Crippen molar-refractivity contribution in [2.45, 2.75) is 37.8 Å². The van der Waals surface area contributed by atoms with Crippen molar-refractivity contribution in [3.63, 3.8) is 0 Å². The molecule has 0 fully saturated rings. The van der Waals surface area contributed by atoms with Crippen molar-refractivity contribution in [2.75, 3.05) is 12.9 Å². The predicted octanol–water partition coefficient (Wildman–Crippen LogP) is 7.79. The first-order valence-electron chi connectivity index (χ1n) is 13.9.